The van der Waals surface area contributed by atoms with Crippen molar-refractivity contribution in [2.45, 2.75) is 25.8 Å². The zero-order valence-corrected chi connectivity index (χ0v) is 7.86. The lowest BCUT2D eigenvalue weighted by molar-refractivity contribution is 0.177. The zero-order valence-electron chi connectivity index (χ0n) is 7.86. The van der Waals surface area contributed by atoms with Crippen LogP contribution in [0.5, 0.6) is 0 Å². The Kier molecular flexibility index (Phi) is 3.88. The molecule has 1 heterocycles. The highest BCUT2D eigenvalue weighted by atomic mass is 16.5. The van der Waals surface area contributed by atoms with Crippen molar-refractivity contribution in [3.8, 4) is 0 Å². The Bertz CT molecular complexity index is 194. The zero-order chi connectivity index (χ0) is 8.81. The Labute approximate surface area is 74.2 Å². The van der Waals surface area contributed by atoms with Crippen molar-refractivity contribution in [2.24, 2.45) is 0 Å². The van der Waals surface area contributed by atoms with E-state index in [1.807, 2.05) is 0 Å². The summed E-state index contributed by atoms with van der Waals surface area (Å²) in [6.07, 6.45) is 6.49. The number of hydrogen-bond acceptors (Lipinski definition) is 1. The maximum Gasteiger partial charge on any atom is 0.0481 e. The minimum absolute atomic E-state index is 0.597. The monoisotopic (exact) mass is 167 g/mol. The molecule has 0 aromatic carbocycles. The van der Waals surface area contributed by atoms with Crippen LogP contribution in [0.1, 0.15) is 25.8 Å². The van der Waals surface area contributed by atoms with Gasteiger partial charge in [0.1, 0.15) is 0 Å². The summed E-state index contributed by atoms with van der Waals surface area (Å²) in [6, 6.07) is 4.73. The van der Waals surface area contributed by atoms with Crippen molar-refractivity contribution in [2.75, 3.05) is 13.7 Å². The fourth-order valence-electron chi connectivity index (χ4n) is 1.41. The molecule has 1 aromatic rings. The second kappa shape index (κ2) is 4.99. The molecular formula is C10H17NO. The first-order valence-corrected chi connectivity index (χ1v) is 4.50. The molecule has 0 radical (unpaired) electrons. The molecule has 2 nitrogen and oxygen atoms in total. The first kappa shape index (κ1) is 9.33. The van der Waals surface area contributed by atoms with Gasteiger partial charge in [-0.3, -0.25) is 0 Å². The first-order valence-electron chi connectivity index (χ1n) is 4.50. The molecule has 1 rings (SSSR count). The molecule has 68 valence electrons. The van der Waals surface area contributed by atoms with E-state index in [1.54, 1.807) is 7.11 Å². The van der Waals surface area contributed by atoms with Gasteiger partial charge in [-0.1, -0.05) is 6.92 Å². The van der Waals surface area contributed by atoms with Crippen molar-refractivity contribution >= 4 is 0 Å². The Morgan fingerprint density at radius 2 is 2.00 bits per heavy atom. The number of ether oxygens (including phenoxy) is 1. The summed E-state index contributed by atoms with van der Waals surface area (Å²) in [4.78, 5) is 0. The van der Waals surface area contributed by atoms with Gasteiger partial charge in [0.15, 0.2) is 0 Å². The molecule has 0 spiro atoms. The van der Waals surface area contributed by atoms with E-state index in [9.17, 15) is 0 Å². The predicted molar refractivity (Wildman–Crippen MR) is 50.3 cm³/mol. The maximum atomic E-state index is 5.06. The van der Waals surface area contributed by atoms with Crippen LogP contribution in [0.15, 0.2) is 24.5 Å². The molecule has 0 saturated carbocycles. The van der Waals surface area contributed by atoms with Crippen LogP contribution in [-0.4, -0.2) is 18.3 Å². The predicted octanol–water partition coefficient (Wildman–Crippen LogP) is 2.48. The molecule has 0 N–H and O–H groups in total. The molecule has 0 saturated heterocycles. The average Bonchev–Trinajstić information content (AvgIpc) is 2.59. The van der Waals surface area contributed by atoms with Gasteiger partial charge in [0.2, 0.25) is 0 Å². The fraction of sp³-hybridized carbons (Fsp3) is 0.600. The van der Waals surface area contributed by atoms with Gasteiger partial charge in [0.05, 0.1) is 0 Å². The van der Waals surface area contributed by atoms with Crippen LogP contribution in [-0.2, 0) is 4.74 Å². The maximum absolute atomic E-state index is 5.06. The van der Waals surface area contributed by atoms with Gasteiger partial charge in [-0.05, 0) is 25.0 Å². The van der Waals surface area contributed by atoms with Gasteiger partial charge in [-0.25, -0.2) is 0 Å². The minimum Gasteiger partial charge on any atom is -0.385 e. The second-order valence-corrected chi connectivity index (χ2v) is 2.97. The normalized spacial score (nSPS) is 13.2. The van der Waals surface area contributed by atoms with E-state index in [2.05, 4.69) is 36.0 Å². The molecule has 12 heavy (non-hydrogen) atoms. The average molecular weight is 167 g/mol. The topological polar surface area (TPSA) is 14.2 Å². The molecule has 1 unspecified atom stereocenters. The van der Waals surface area contributed by atoms with Crippen LogP contribution in [0.25, 0.3) is 0 Å². The van der Waals surface area contributed by atoms with Crippen LogP contribution in [0.3, 0.4) is 0 Å². The van der Waals surface area contributed by atoms with E-state index < -0.39 is 0 Å². The van der Waals surface area contributed by atoms with Crippen LogP contribution in [0.2, 0.25) is 0 Å². The quantitative estimate of drug-likeness (QED) is 0.657. The van der Waals surface area contributed by atoms with Crippen LogP contribution in [0, 0.1) is 0 Å². The summed E-state index contributed by atoms with van der Waals surface area (Å²) in [5.74, 6) is 0. The molecular weight excluding hydrogens is 150 g/mol. The fourth-order valence-corrected chi connectivity index (χ4v) is 1.41. The van der Waals surface area contributed by atoms with Gasteiger partial charge in [0.25, 0.3) is 0 Å². The standard InChI is InChI=1S/C10H17NO/c1-3-10(6-9-12-2)11-7-4-5-8-11/h4-5,7-8,10H,3,6,9H2,1-2H3. The van der Waals surface area contributed by atoms with Gasteiger partial charge >= 0.3 is 0 Å². The molecule has 1 aromatic heterocycles. The van der Waals surface area contributed by atoms with Gasteiger partial charge in [-0.15, -0.1) is 0 Å². The van der Waals surface area contributed by atoms with Crippen LogP contribution >= 0.6 is 0 Å². The SMILES string of the molecule is CCC(CCOC)n1cccc1. The largest absolute Gasteiger partial charge is 0.385 e. The molecule has 0 aliphatic rings. The summed E-state index contributed by atoms with van der Waals surface area (Å²) >= 11 is 0. The summed E-state index contributed by atoms with van der Waals surface area (Å²) in [5, 5.41) is 0. The molecule has 0 aliphatic heterocycles. The van der Waals surface area contributed by atoms with E-state index in [-0.39, 0.29) is 0 Å². The molecule has 0 aliphatic carbocycles. The number of hydrogen-bond donors (Lipinski definition) is 0. The Morgan fingerprint density at radius 1 is 1.33 bits per heavy atom. The highest BCUT2D eigenvalue weighted by molar-refractivity contribution is 4.92. The third-order valence-corrected chi connectivity index (χ3v) is 2.18. The van der Waals surface area contributed by atoms with Crippen molar-refractivity contribution in [3.63, 3.8) is 0 Å². The smallest absolute Gasteiger partial charge is 0.0481 e. The summed E-state index contributed by atoms with van der Waals surface area (Å²) < 4.78 is 7.31. The molecule has 0 amide bonds. The van der Waals surface area contributed by atoms with E-state index in [0.29, 0.717) is 6.04 Å². The van der Waals surface area contributed by atoms with Gasteiger partial charge < -0.3 is 9.30 Å². The Balaban J connectivity index is 2.45. The molecule has 2 heteroatoms. The first-order chi connectivity index (χ1) is 5.88. The van der Waals surface area contributed by atoms with E-state index in [1.165, 1.54) is 0 Å². The Hall–Kier alpha value is -0.760. The number of nitrogens with zero attached hydrogens (tertiary/aromatic N) is 1. The highest BCUT2D eigenvalue weighted by Crippen LogP contribution is 2.15. The van der Waals surface area contributed by atoms with E-state index in [0.717, 1.165) is 19.4 Å². The summed E-state index contributed by atoms with van der Waals surface area (Å²) in [5.41, 5.74) is 0. The van der Waals surface area contributed by atoms with Gasteiger partial charge in [0, 0.05) is 32.2 Å². The summed E-state index contributed by atoms with van der Waals surface area (Å²) in [7, 11) is 1.75. The molecule has 0 fully saturated rings. The lowest BCUT2D eigenvalue weighted by atomic mass is 10.1. The van der Waals surface area contributed by atoms with Crippen LogP contribution < -0.4 is 0 Å². The van der Waals surface area contributed by atoms with Crippen molar-refractivity contribution in [1.29, 1.82) is 0 Å². The number of rotatable bonds is 5. The number of methoxy groups -OCH3 is 1. The van der Waals surface area contributed by atoms with Crippen molar-refractivity contribution in [3.05, 3.63) is 24.5 Å². The minimum atomic E-state index is 0.597. The number of aromatic nitrogens is 1. The van der Waals surface area contributed by atoms with E-state index in [4.69, 9.17) is 4.74 Å². The second-order valence-electron chi connectivity index (χ2n) is 2.97. The Morgan fingerprint density at radius 3 is 2.50 bits per heavy atom. The lowest BCUT2D eigenvalue weighted by Gasteiger charge is -2.16. The molecule has 1 atom stereocenters. The third-order valence-electron chi connectivity index (χ3n) is 2.18. The van der Waals surface area contributed by atoms with Crippen LogP contribution in [0.4, 0.5) is 0 Å². The van der Waals surface area contributed by atoms with Crippen molar-refractivity contribution < 1.29 is 4.74 Å². The van der Waals surface area contributed by atoms with Gasteiger partial charge in [-0.2, -0.15) is 0 Å². The third kappa shape index (κ3) is 2.38. The van der Waals surface area contributed by atoms with E-state index >= 15 is 0 Å². The highest BCUT2D eigenvalue weighted by Gasteiger charge is 2.05. The molecule has 0 bridgehead atoms. The van der Waals surface area contributed by atoms with Crippen molar-refractivity contribution in [1.82, 2.24) is 4.57 Å². The lowest BCUT2D eigenvalue weighted by Crippen LogP contribution is -2.08. The summed E-state index contributed by atoms with van der Waals surface area (Å²) in [6.45, 7) is 3.05.